The van der Waals surface area contributed by atoms with Crippen LogP contribution >= 0.6 is 11.8 Å². The van der Waals surface area contributed by atoms with Gasteiger partial charge in [0.1, 0.15) is 11.0 Å². The Morgan fingerprint density at radius 1 is 1.13 bits per heavy atom. The van der Waals surface area contributed by atoms with E-state index in [1.165, 1.54) is 23.9 Å². The minimum Gasteiger partial charge on any atom is -0.497 e. The zero-order valence-electron chi connectivity index (χ0n) is 16.7. The van der Waals surface area contributed by atoms with Gasteiger partial charge < -0.3 is 15.5 Å². The molecule has 1 aromatic heterocycles. The lowest BCUT2D eigenvalue weighted by molar-refractivity contribution is -0.137. The van der Waals surface area contributed by atoms with Crippen molar-refractivity contribution in [2.45, 2.75) is 29.4 Å². The normalized spacial score (nSPS) is 18.1. The number of hydrogen-bond donors (Lipinski definition) is 2. The van der Waals surface area contributed by atoms with Gasteiger partial charge in [0.2, 0.25) is 5.91 Å². The number of aryl methyl sites for hydroxylation is 1. The van der Waals surface area contributed by atoms with Gasteiger partial charge in [-0.15, -0.1) is 0 Å². The van der Waals surface area contributed by atoms with Crippen LogP contribution in [0.15, 0.2) is 65.7 Å². The van der Waals surface area contributed by atoms with Gasteiger partial charge >= 0.3 is 6.18 Å². The number of carbonyl (C=O) groups excluding carboxylic acids is 1. The van der Waals surface area contributed by atoms with Crippen molar-refractivity contribution in [2.24, 2.45) is 0 Å². The molecule has 2 heterocycles. The van der Waals surface area contributed by atoms with Gasteiger partial charge in [-0.3, -0.25) is 9.47 Å². The first-order valence-corrected chi connectivity index (χ1v) is 10.4. The highest BCUT2D eigenvalue weighted by Gasteiger charge is 2.36. The molecule has 0 radical (unpaired) electrons. The third-order valence-corrected chi connectivity index (χ3v) is 6.35. The Morgan fingerprint density at radius 3 is 2.55 bits per heavy atom. The van der Waals surface area contributed by atoms with E-state index in [9.17, 15) is 18.0 Å². The Hall–Kier alpha value is -3.07. The average Bonchev–Trinajstić information content (AvgIpc) is 3.12. The zero-order valence-corrected chi connectivity index (χ0v) is 17.6. The quantitative estimate of drug-likeness (QED) is 0.576. The highest BCUT2D eigenvalue weighted by molar-refractivity contribution is 8.00. The molecule has 0 saturated heterocycles. The van der Waals surface area contributed by atoms with E-state index < -0.39 is 23.0 Å². The molecule has 9 heteroatoms. The second kappa shape index (κ2) is 8.22. The highest BCUT2D eigenvalue weighted by Crippen LogP contribution is 2.39. The number of thioether (sulfide) groups is 1. The Balaban J connectivity index is 1.64. The van der Waals surface area contributed by atoms with Crippen LogP contribution in [0.5, 0.6) is 5.75 Å². The Labute approximate surface area is 181 Å². The molecule has 1 aliphatic rings. The molecule has 5 nitrogen and oxygen atoms in total. The molecule has 162 valence electrons. The molecule has 4 rings (SSSR count). The van der Waals surface area contributed by atoms with Crippen LogP contribution in [-0.4, -0.2) is 22.9 Å². The van der Waals surface area contributed by atoms with Gasteiger partial charge in [-0.2, -0.15) is 13.2 Å². The van der Waals surface area contributed by atoms with Crippen LogP contribution in [0.3, 0.4) is 0 Å². The zero-order chi connectivity index (χ0) is 22.2. The molecule has 31 heavy (non-hydrogen) atoms. The fourth-order valence-electron chi connectivity index (χ4n) is 3.43. The van der Waals surface area contributed by atoms with Crippen molar-refractivity contribution in [3.05, 3.63) is 77.5 Å². The average molecular weight is 447 g/mol. The minimum absolute atomic E-state index is 0.103. The fraction of sp³-hybridized carbons (Fsp3) is 0.227. The number of rotatable bonds is 4. The number of benzene rings is 2. The Kier molecular flexibility index (Phi) is 5.62. The number of anilines is 1. The largest absolute Gasteiger partial charge is 0.497 e. The summed E-state index contributed by atoms with van der Waals surface area (Å²) in [5.41, 5.74) is 4.50. The topological polar surface area (TPSA) is 55.3 Å². The molecule has 1 amide bonds. The number of methoxy groups -OCH3 is 1. The third kappa shape index (κ3) is 4.36. The summed E-state index contributed by atoms with van der Waals surface area (Å²) in [5, 5.41) is 2.90. The molecule has 2 N–H and O–H groups in total. The van der Waals surface area contributed by atoms with Crippen LogP contribution < -0.4 is 15.5 Å². The lowest BCUT2D eigenvalue weighted by Crippen LogP contribution is -2.41. The summed E-state index contributed by atoms with van der Waals surface area (Å²) >= 11 is 1.36. The molecule has 0 bridgehead atoms. The Bertz CT molecular complexity index is 1100. The summed E-state index contributed by atoms with van der Waals surface area (Å²) in [4.78, 5) is 13.2. The standard InChI is InChI=1S/C22H20F3N3O2S/c1-13-6-11-18-28(13)27-19(14-7-9-17(30-2)10-8-14)20(31-18)21(29)26-16-5-3-4-15(12-16)22(23,24)25/h3-12,19-20,27H,1-2H3,(H,26,29)/t19-,20+/m1/s1. The summed E-state index contributed by atoms with van der Waals surface area (Å²) in [6, 6.07) is 15.4. The van der Waals surface area contributed by atoms with Crippen molar-refractivity contribution < 1.29 is 22.7 Å². The van der Waals surface area contributed by atoms with Crippen molar-refractivity contribution >= 4 is 23.4 Å². The first-order chi connectivity index (χ1) is 14.8. The monoisotopic (exact) mass is 447 g/mol. The van der Waals surface area contributed by atoms with Crippen LogP contribution in [0.1, 0.15) is 22.9 Å². The first-order valence-electron chi connectivity index (χ1n) is 9.50. The van der Waals surface area contributed by atoms with E-state index in [0.717, 1.165) is 28.4 Å². The summed E-state index contributed by atoms with van der Waals surface area (Å²) in [7, 11) is 1.57. The number of amides is 1. The SMILES string of the molecule is COc1ccc([C@H]2Nn3c(C)ccc3S[C@@H]2C(=O)Nc2cccc(C(F)(F)F)c2)cc1. The highest BCUT2D eigenvalue weighted by atomic mass is 32.2. The second-order valence-electron chi connectivity index (χ2n) is 7.13. The van der Waals surface area contributed by atoms with Gasteiger partial charge in [-0.25, -0.2) is 0 Å². The molecule has 0 saturated carbocycles. The minimum atomic E-state index is -4.48. The Morgan fingerprint density at radius 2 is 1.87 bits per heavy atom. The van der Waals surface area contributed by atoms with Crippen LogP contribution in [0.2, 0.25) is 0 Å². The lowest BCUT2D eigenvalue weighted by Gasteiger charge is -2.34. The van der Waals surface area contributed by atoms with Gasteiger partial charge in [-0.1, -0.05) is 30.0 Å². The van der Waals surface area contributed by atoms with E-state index >= 15 is 0 Å². The van der Waals surface area contributed by atoms with E-state index in [-0.39, 0.29) is 11.6 Å². The van der Waals surface area contributed by atoms with Crippen molar-refractivity contribution in [3.8, 4) is 5.75 Å². The summed E-state index contributed by atoms with van der Waals surface area (Å²) in [5.74, 6) is 0.303. The number of hydrogen-bond acceptors (Lipinski definition) is 4. The third-order valence-electron chi connectivity index (χ3n) is 5.05. The van der Waals surface area contributed by atoms with Crippen LogP contribution in [0, 0.1) is 6.92 Å². The van der Waals surface area contributed by atoms with E-state index in [4.69, 9.17) is 4.74 Å². The van der Waals surface area contributed by atoms with E-state index in [0.29, 0.717) is 5.75 Å². The number of ether oxygens (including phenoxy) is 1. The number of nitrogens with one attached hydrogen (secondary N) is 2. The number of carbonyl (C=O) groups is 1. The maximum absolute atomic E-state index is 13.2. The number of nitrogens with zero attached hydrogens (tertiary/aromatic N) is 1. The second-order valence-corrected chi connectivity index (χ2v) is 8.30. The number of aromatic nitrogens is 1. The molecule has 0 spiro atoms. The summed E-state index contributed by atoms with van der Waals surface area (Å²) in [6.07, 6.45) is -4.48. The van der Waals surface area contributed by atoms with E-state index in [1.54, 1.807) is 7.11 Å². The number of alkyl halides is 3. The summed E-state index contributed by atoms with van der Waals surface area (Å²) in [6.45, 7) is 1.95. The van der Waals surface area contributed by atoms with E-state index in [1.807, 2.05) is 48.0 Å². The molecule has 1 aliphatic heterocycles. The lowest BCUT2D eigenvalue weighted by atomic mass is 10.0. The fourth-order valence-corrected chi connectivity index (χ4v) is 4.66. The maximum atomic E-state index is 13.2. The van der Waals surface area contributed by atoms with Crippen molar-refractivity contribution in [2.75, 3.05) is 17.9 Å². The molecule has 0 aliphatic carbocycles. The van der Waals surface area contributed by atoms with Crippen molar-refractivity contribution in [1.29, 1.82) is 0 Å². The van der Waals surface area contributed by atoms with Crippen LogP contribution in [-0.2, 0) is 11.0 Å². The van der Waals surface area contributed by atoms with Crippen molar-refractivity contribution in [3.63, 3.8) is 0 Å². The molecular formula is C22H20F3N3O2S. The van der Waals surface area contributed by atoms with Gasteiger partial charge in [0.25, 0.3) is 0 Å². The maximum Gasteiger partial charge on any atom is 0.416 e. The molecule has 2 aromatic carbocycles. The van der Waals surface area contributed by atoms with Gasteiger partial charge in [0.05, 0.1) is 23.7 Å². The van der Waals surface area contributed by atoms with Crippen LogP contribution in [0.4, 0.5) is 18.9 Å². The smallest absolute Gasteiger partial charge is 0.416 e. The molecule has 0 unspecified atom stereocenters. The van der Waals surface area contributed by atoms with Crippen molar-refractivity contribution in [1.82, 2.24) is 4.68 Å². The molecular weight excluding hydrogens is 427 g/mol. The molecule has 0 fully saturated rings. The number of halogens is 3. The molecule has 3 aromatic rings. The molecule has 2 atom stereocenters. The van der Waals surface area contributed by atoms with E-state index in [2.05, 4.69) is 10.7 Å². The predicted molar refractivity (Wildman–Crippen MR) is 114 cm³/mol. The van der Waals surface area contributed by atoms with Gasteiger partial charge in [0.15, 0.2) is 0 Å². The predicted octanol–water partition coefficient (Wildman–Crippen LogP) is 5.22. The van der Waals surface area contributed by atoms with Gasteiger partial charge in [-0.05, 0) is 55.0 Å². The summed E-state index contributed by atoms with van der Waals surface area (Å²) < 4.78 is 46.2. The first kappa shape index (κ1) is 21.2. The number of fused-ring (bicyclic) bond motifs is 1. The van der Waals surface area contributed by atoms with Gasteiger partial charge in [0, 0.05) is 11.4 Å². The van der Waals surface area contributed by atoms with Crippen LogP contribution in [0.25, 0.3) is 0 Å².